The summed E-state index contributed by atoms with van der Waals surface area (Å²) in [5, 5.41) is 14.3. The lowest BCUT2D eigenvalue weighted by Crippen LogP contribution is -2.43. The molecule has 0 aromatic rings. The molecule has 2 bridgehead atoms. The number of carboxylic acid groups (broad SMARTS) is 1. The van der Waals surface area contributed by atoms with Crippen molar-refractivity contribution in [1.82, 2.24) is 10.6 Å². The molecule has 0 spiro atoms. The third-order valence-electron chi connectivity index (χ3n) is 6.18. The summed E-state index contributed by atoms with van der Waals surface area (Å²) in [6, 6.07) is -0.289. The number of allylic oxidation sites excluding steroid dienone is 2. The van der Waals surface area contributed by atoms with Gasteiger partial charge >= 0.3 is 12.0 Å². The van der Waals surface area contributed by atoms with E-state index in [4.69, 9.17) is 9.84 Å². The normalized spacial score (nSPS) is 25.0. The number of amides is 2. The number of rotatable bonds is 15. The Bertz CT molecular complexity index is 592. The van der Waals surface area contributed by atoms with Crippen molar-refractivity contribution in [3.8, 4) is 0 Å². The number of ether oxygens (including phenoxy) is 1. The zero-order valence-electron chi connectivity index (χ0n) is 18.2. The van der Waals surface area contributed by atoms with E-state index in [1.807, 2.05) is 0 Å². The van der Waals surface area contributed by atoms with Crippen molar-refractivity contribution in [3.63, 3.8) is 0 Å². The third kappa shape index (κ3) is 8.46. The van der Waals surface area contributed by atoms with Crippen molar-refractivity contribution < 1.29 is 24.2 Å². The topological polar surface area (TPSA) is 105 Å². The second-order valence-corrected chi connectivity index (χ2v) is 8.52. The van der Waals surface area contributed by atoms with Crippen LogP contribution in [0.15, 0.2) is 12.2 Å². The van der Waals surface area contributed by atoms with Gasteiger partial charge in [-0.25, -0.2) is 4.79 Å². The lowest BCUT2D eigenvalue weighted by atomic mass is 9.77. The summed E-state index contributed by atoms with van der Waals surface area (Å²) in [5.41, 5.74) is 0. The first-order valence-electron chi connectivity index (χ1n) is 11.6. The molecule has 170 valence electrons. The highest BCUT2D eigenvalue weighted by Crippen LogP contribution is 2.44. The zero-order chi connectivity index (χ0) is 21.8. The van der Waals surface area contributed by atoms with Gasteiger partial charge in [-0.2, -0.15) is 0 Å². The van der Waals surface area contributed by atoms with Crippen molar-refractivity contribution in [1.29, 1.82) is 0 Å². The predicted octanol–water partition coefficient (Wildman–Crippen LogP) is 3.82. The van der Waals surface area contributed by atoms with Crippen LogP contribution in [0.1, 0.15) is 77.6 Å². The summed E-state index contributed by atoms with van der Waals surface area (Å²) in [6.07, 6.45) is 14.0. The van der Waals surface area contributed by atoms with E-state index < -0.39 is 5.97 Å². The highest BCUT2D eigenvalue weighted by molar-refractivity contribution is 5.85. The molecule has 7 heteroatoms. The second-order valence-electron chi connectivity index (χ2n) is 8.52. The number of carboxylic acids is 1. The van der Waals surface area contributed by atoms with Crippen molar-refractivity contribution in [2.45, 2.75) is 89.8 Å². The van der Waals surface area contributed by atoms with Gasteiger partial charge in [-0.05, 0) is 44.4 Å². The molecular weight excluding hydrogens is 384 g/mol. The number of Topliss-reactive ketones (excluding diaryl/α,β-unsaturated/α-hetero) is 1. The van der Waals surface area contributed by atoms with Gasteiger partial charge in [0.15, 0.2) is 5.78 Å². The van der Waals surface area contributed by atoms with Crippen LogP contribution in [0.2, 0.25) is 0 Å². The number of unbranched alkanes of at least 4 members (excludes halogenated alkanes) is 4. The number of hydrogen-bond acceptors (Lipinski definition) is 4. The van der Waals surface area contributed by atoms with Crippen LogP contribution in [0.3, 0.4) is 0 Å². The molecule has 2 saturated heterocycles. The molecule has 0 aromatic carbocycles. The maximum absolute atomic E-state index is 12.1. The number of urea groups is 1. The highest BCUT2D eigenvalue weighted by Gasteiger charge is 2.47. The molecule has 2 heterocycles. The molecular formula is C23H38N2O5. The first-order chi connectivity index (χ1) is 14.5. The first-order valence-corrected chi connectivity index (χ1v) is 11.6. The van der Waals surface area contributed by atoms with Gasteiger partial charge in [-0.3, -0.25) is 9.59 Å². The molecule has 2 aliphatic rings. The van der Waals surface area contributed by atoms with Gasteiger partial charge in [0.2, 0.25) is 0 Å². The first kappa shape index (κ1) is 24.4. The smallest absolute Gasteiger partial charge is 0.315 e. The van der Waals surface area contributed by atoms with Crippen LogP contribution in [0.4, 0.5) is 4.79 Å². The summed E-state index contributed by atoms with van der Waals surface area (Å²) in [5.74, 6) is -0.0224. The number of nitrogens with one attached hydrogen (secondary N) is 2. The van der Waals surface area contributed by atoms with Crippen LogP contribution in [-0.2, 0) is 14.3 Å². The Hall–Kier alpha value is -1.89. The molecule has 30 heavy (non-hydrogen) atoms. The van der Waals surface area contributed by atoms with Crippen molar-refractivity contribution >= 4 is 17.8 Å². The summed E-state index contributed by atoms with van der Waals surface area (Å²) in [4.78, 5) is 34.5. The molecule has 0 unspecified atom stereocenters. The maximum Gasteiger partial charge on any atom is 0.315 e. The van der Waals surface area contributed by atoms with Crippen LogP contribution < -0.4 is 10.6 Å². The molecule has 2 fully saturated rings. The lowest BCUT2D eigenvalue weighted by Gasteiger charge is -2.27. The molecule has 2 aliphatic heterocycles. The van der Waals surface area contributed by atoms with Gasteiger partial charge in [0.25, 0.3) is 0 Å². The minimum Gasteiger partial charge on any atom is -0.481 e. The van der Waals surface area contributed by atoms with E-state index in [9.17, 15) is 14.4 Å². The van der Waals surface area contributed by atoms with Gasteiger partial charge in [0.05, 0.1) is 18.8 Å². The van der Waals surface area contributed by atoms with Crippen molar-refractivity contribution in [3.05, 3.63) is 12.2 Å². The van der Waals surface area contributed by atoms with Crippen molar-refractivity contribution in [2.75, 3.05) is 13.1 Å². The second kappa shape index (κ2) is 13.4. The van der Waals surface area contributed by atoms with Crippen molar-refractivity contribution in [2.24, 2.45) is 11.8 Å². The third-order valence-corrected chi connectivity index (χ3v) is 6.18. The summed E-state index contributed by atoms with van der Waals surface area (Å²) < 4.78 is 6.06. The van der Waals surface area contributed by atoms with Crippen LogP contribution >= 0.6 is 0 Å². The average Bonchev–Trinajstić information content (AvgIpc) is 3.32. The Labute approximate surface area is 180 Å². The molecule has 2 amide bonds. The van der Waals surface area contributed by atoms with Crippen LogP contribution in [-0.4, -0.2) is 48.2 Å². The minimum absolute atomic E-state index is 0.0791. The summed E-state index contributed by atoms with van der Waals surface area (Å²) in [6.45, 7) is 2.78. The SMILES string of the molecule is CCCCCCC(=O)CNC(=O)NC[C@H]1[C@@H](C/C=C\CCCC(=O)O)[C@H]2CC[C@@H]1O2. The van der Waals surface area contributed by atoms with Crippen LogP contribution in [0, 0.1) is 11.8 Å². The fourth-order valence-corrected chi connectivity index (χ4v) is 4.51. The lowest BCUT2D eigenvalue weighted by molar-refractivity contribution is -0.137. The maximum atomic E-state index is 12.1. The number of hydrogen-bond donors (Lipinski definition) is 3. The highest BCUT2D eigenvalue weighted by atomic mass is 16.5. The number of carbonyl (C=O) groups is 3. The number of aliphatic carboxylic acids is 1. The van der Waals surface area contributed by atoms with Crippen LogP contribution in [0.5, 0.6) is 0 Å². The Balaban J connectivity index is 1.66. The Morgan fingerprint density at radius 3 is 2.47 bits per heavy atom. The minimum atomic E-state index is -0.757. The number of fused-ring (bicyclic) bond motifs is 2. The van der Waals surface area contributed by atoms with E-state index in [0.29, 0.717) is 25.3 Å². The zero-order valence-corrected chi connectivity index (χ0v) is 18.2. The van der Waals surface area contributed by atoms with E-state index in [-0.39, 0.29) is 42.9 Å². The fourth-order valence-electron chi connectivity index (χ4n) is 4.51. The molecule has 3 N–H and O–H groups in total. The molecule has 2 rings (SSSR count). The van der Waals surface area contributed by atoms with Crippen LogP contribution in [0.25, 0.3) is 0 Å². The molecule has 0 saturated carbocycles. The molecule has 0 aliphatic carbocycles. The van der Waals surface area contributed by atoms with E-state index in [2.05, 4.69) is 29.7 Å². The van der Waals surface area contributed by atoms with Gasteiger partial charge in [-0.1, -0.05) is 38.3 Å². The average molecular weight is 423 g/mol. The molecule has 4 atom stereocenters. The van der Waals surface area contributed by atoms with Gasteiger partial charge in [-0.15, -0.1) is 0 Å². The van der Waals surface area contributed by atoms with E-state index >= 15 is 0 Å². The monoisotopic (exact) mass is 422 g/mol. The van der Waals surface area contributed by atoms with E-state index in [1.54, 1.807) is 0 Å². The number of carbonyl (C=O) groups excluding carboxylic acids is 2. The van der Waals surface area contributed by atoms with E-state index in [1.165, 1.54) is 0 Å². The van der Waals surface area contributed by atoms with Gasteiger partial charge < -0.3 is 20.5 Å². The molecule has 0 aromatic heterocycles. The summed E-state index contributed by atoms with van der Waals surface area (Å²) >= 11 is 0. The van der Waals surface area contributed by atoms with Gasteiger partial charge in [0.1, 0.15) is 0 Å². The quantitative estimate of drug-likeness (QED) is 0.275. The Morgan fingerprint density at radius 2 is 1.73 bits per heavy atom. The predicted molar refractivity (Wildman–Crippen MR) is 115 cm³/mol. The largest absolute Gasteiger partial charge is 0.481 e. The molecule has 0 radical (unpaired) electrons. The van der Waals surface area contributed by atoms with E-state index in [0.717, 1.165) is 51.4 Å². The molecule has 7 nitrogen and oxygen atoms in total. The standard InChI is InChI=1S/C23H38N2O5/c1-2-3-4-7-10-17(26)15-24-23(29)25-16-19-18(20-13-14-21(19)30-20)11-8-5-6-9-12-22(27)28/h5,8,18-21H,2-4,6-7,9-16H2,1H3,(H,27,28)(H2,24,25,29)/b8-5-/t18-,19+,20-,21+/m1/s1. The summed E-state index contributed by atoms with van der Waals surface area (Å²) in [7, 11) is 0. The Morgan fingerprint density at radius 1 is 0.967 bits per heavy atom. The Kier molecular flexibility index (Phi) is 10.9. The van der Waals surface area contributed by atoms with Gasteiger partial charge in [0, 0.05) is 25.3 Å². The fraction of sp³-hybridized carbons (Fsp3) is 0.783. The number of ketones is 1.